The molecule has 1 atom stereocenters. The number of amides is 2. The van der Waals surface area contributed by atoms with Gasteiger partial charge in [-0.25, -0.2) is 8.42 Å². The molecule has 0 aromatic heterocycles. The van der Waals surface area contributed by atoms with Crippen molar-refractivity contribution in [1.29, 1.82) is 0 Å². The van der Waals surface area contributed by atoms with E-state index in [9.17, 15) is 18.0 Å². The van der Waals surface area contributed by atoms with Crippen molar-refractivity contribution in [1.82, 2.24) is 10.2 Å². The Hall–Kier alpha value is -3.56. The van der Waals surface area contributed by atoms with Crippen LogP contribution in [0.2, 0.25) is 15.1 Å². The van der Waals surface area contributed by atoms with E-state index < -0.39 is 40.0 Å². The second-order valence-electron chi connectivity index (χ2n) is 12.0. The third-order valence-electron chi connectivity index (χ3n) is 7.16. The lowest BCUT2D eigenvalue weighted by Gasteiger charge is -2.35. The number of anilines is 1. The Bertz CT molecular complexity index is 1760. The number of aryl methyl sites for hydroxylation is 1. The summed E-state index contributed by atoms with van der Waals surface area (Å²) in [6, 6.07) is 25.8. The number of carbonyl (C=O) groups excluding carboxylic acids is 2. The molecule has 0 spiro atoms. The molecule has 0 aliphatic heterocycles. The molecule has 0 aliphatic carbocycles. The number of hydrogen-bond donors (Lipinski definition) is 1. The molecule has 11 heteroatoms. The minimum Gasteiger partial charge on any atom is -0.350 e. The summed E-state index contributed by atoms with van der Waals surface area (Å²) in [5.41, 5.74) is 1.73. The second kappa shape index (κ2) is 14.9. The Morgan fingerprint density at radius 1 is 0.804 bits per heavy atom. The summed E-state index contributed by atoms with van der Waals surface area (Å²) < 4.78 is 29.3. The fourth-order valence-electron chi connectivity index (χ4n) is 4.83. The van der Waals surface area contributed by atoms with Crippen molar-refractivity contribution < 1.29 is 18.0 Å². The van der Waals surface area contributed by atoms with Crippen molar-refractivity contribution in [3.63, 3.8) is 0 Å². The zero-order valence-electron chi connectivity index (χ0n) is 26.0. The predicted octanol–water partition coefficient (Wildman–Crippen LogP) is 7.71. The maximum Gasteiger partial charge on any atom is 0.264 e. The average Bonchev–Trinajstić information content (AvgIpc) is 2.99. The Morgan fingerprint density at radius 3 is 1.96 bits per heavy atom. The van der Waals surface area contributed by atoms with Crippen LogP contribution in [0.1, 0.15) is 37.5 Å². The molecule has 1 N–H and O–H groups in total. The molecule has 4 rings (SSSR count). The molecule has 7 nitrogen and oxygen atoms in total. The Labute approximate surface area is 286 Å². The van der Waals surface area contributed by atoms with Crippen molar-refractivity contribution in [2.45, 2.75) is 57.1 Å². The van der Waals surface area contributed by atoms with Crippen LogP contribution < -0.4 is 9.62 Å². The molecule has 4 aromatic rings. The lowest BCUT2D eigenvalue weighted by Crippen LogP contribution is -2.56. The molecule has 0 saturated heterocycles. The van der Waals surface area contributed by atoms with Crippen LogP contribution >= 0.6 is 34.8 Å². The van der Waals surface area contributed by atoms with Gasteiger partial charge in [-0.15, -0.1) is 0 Å². The Balaban J connectivity index is 1.85. The summed E-state index contributed by atoms with van der Waals surface area (Å²) >= 11 is 19.3. The second-order valence-corrected chi connectivity index (χ2v) is 15.1. The molecule has 0 fully saturated rings. The number of sulfonamides is 1. The number of nitrogens with zero attached hydrogens (tertiary/aromatic N) is 2. The third-order valence-corrected chi connectivity index (χ3v) is 9.91. The van der Waals surface area contributed by atoms with E-state index in [-0.39, 0.29) is 23.5 Å². The first kappa shape index (κ1) is 35.3. The number of carbonyl (C=O) groups is 2. The van der Waals surface area contributed by atoms with Crippen LogP contribution in [0, 0.1) is 6.92 Å². The number of nitrogens with one attached hydrogen (secondary N) is 1. The quantitative estimate of drug-likeness (QED) is 0.174. The largest absolute Gasteiger partial charge is 0.350 e. The SMILES string of the molecule is Cc1ccc(S(=O)(=O)N(CC(=O)N(Cc2c(Cl)cccc2Cl)[C@H](Cc2ccccc2)C(=O)NC(C)(C)C)c2ccc(Cl)cc2)cc1. The first-order valence-corrected chi connectivity index (χ1v) is 17.2. The van der Waals surface area contributed by atoms with Crippen LogP contribution in [0.3, 0.4) is 0 Å². The molecule has 4 aromatic carbocycles. The fourth-order valence-corrected chi connectivity index (χ4v) is 6.89. The highest BCUT2D eigenvalue weighted by atomic mass is 35.5. The normalized spacial score (nSPS) is 12.3. The van der Waals surface area contributed by atoms with Gasteiger partial charge in [0.05, 0.1) is 10.6 Å². The zero-order chi connectivity index (χ0) is 33.6. The van der Waals surface area contributed by atoms with Gasteiger partial charge in [0.2, 0.25) is 11.8 Å². The molecule has 0 heterocycles. The molecule has 0 aliphatic rings. The number of benzene rings is 4. The van der Waals surface area contributed by atoms with Gasteiger partial charge in [-0.05, 0) is 81.8 Å². The number of rotatable bonds is 11. The van der Waals surface area contributed by atoms with Gasteiger partial charge < -0.3 is 10.2 Å². The van der Waals surface area contributed by atoms with Crippen LogP contribution in [0.25, 0.3) is 0 Å². The molecular formula is C35H36Cl3N3O4S. The van der Waals surface area contributed by atoms with Gasteiger partial charge in [-0.3, -0.25) is 13.9 Å². The van der Waals surface area contributed by atoms with Crippen molar-refractivity contribution in [2.75, 3.05) is 10.8 Å². The van der Waals surface area contributed by atoms with E-state index in [2.05, 4.69) is 5.32 Å². The maximum atomic E-state index is 14.6. The van der Waals surface area contributed by atoms with Gasteiger partial charge in [0.25, 0.3) is 10.0 Å². The monoisotopic (exact) mass is 699 g/mol. The van der Waals surface area contributed by atoms with E-state index in [1.807, 2.05) is 58.0 Å². The van der Waals surface area contributed by atoms with Gasteiger partial charge in [0.1, 0.15) is 12.6 Å². The van der Waals surface area contributed by atoms with Gasteiger partial charge in [0, 0.05) is 39.1 Å². The third kappa shape index (κ3) is 9.04. The first-order valence-electron chi connectivity index (χ1n) is 14.6. The summed E-state index contributed by atoms with van der Waals surface area (Å²) in [7, 11) is -4.25. The molecule has 242 valence electrons. The van der Waals surface area contributed by atoms with Crippen LogP contribution in [-0.2, 0) is 32.6 Å². The Morgan fingerprint density at radius 2 is 1.39 bits per heavy atom. The van der Waals surface area contributed by atoms with E-state index in [0.29, 0.717) is 20.6 Å². The van der Waals surface area contributed by atoms with E-state index in [0.717, 1.165) is 15.4 Å². The molecule has 0 unspecified atom stereocenters. The summed E-state index contributed by atoms with van der Waals surface area (Å²) in [6.45, 7) is 6.62. The van der Waals surface area contributed by atoms with Crippen molar-refractivity contribution in [3.8, 4) is 0 Å². The summed E-state index contributed by atoms with van der Waals surface area (Å²) in [5.74, 6) is -1.04. The highest BCUT2D eigenvalue weighted by Gasteiger charge is 2.36. The predicted molar refractivity (Wildman–Crippen MR) is 186 cm³/mol. The smallest absolute Gasteiger partial charge is 0.264 e. The highest BCUT2D eigenvalue weighted by Crippen LogP contribution is 2.30. The van der Waals surface area contributed by atoms with Gasteiger partial charge in [0.15, 0.2) is 0 Å². The number of halogens is 3. The molecule has 46 heavy (non-hydrogen) atoms. The van der Waals surface area contributed by atoms with Gasteiger partial charge >= 0.3 is 0 Å². The minimum atomic E-state index is -4.25. The van der Waals surface area contributed by atoms with Crippen molar-refractivity contribution >= 4 is 62.3 Å². The van der Waals surface area contributed by atoms with E-state index in [4.69, 9.17) is 34.8 Å². The zero-order valence-corrected chi connectivity index (χ0v) is 29.1. The highest BCUT2D eigenvalue weighted by molar-refractivity contribution is 7.92. The van der Waals surface area contributed by atoms with Crippen molar-refractivity contribution in [3.05, 3.63) is 129 Å². The lowest BCUT2D eigenvalue weighted by atomic mass is 10.0. The van der Waals surface area contributed by atoms with Crippen molar-refractivity contribution in [2.24, 2.45) is 0 Å². The molecule has 0 radical (unpaired) electrons. The van der Waals surface area contributed by atoms with Gasteiger partial charge in [-0.1, -0.05) is 88.9 Å². The molecule has 0 bridgehead atoms. The van der Waals surface area contributed by atoms with E-state index >= 15 is 0 Å². The maximum absolute atomic E-state index is 14.6. The van der Waals surface area contributed by atoms with Crippen LogP contribution in [0.15, 0.2) is 102 Å². The number of hydrogen-bond acceptors (Lipinski definition) is 4. The minimum absolute atomic E-state index is 0.00728. The Kier molecular flexibility index (Phi) is 11.4. The fraction of sp³-hybridized carbons (Fsp3) is 0.257. The molecule has 0 saturated carbocycles. The molecular weight excluding hydrogens is 665 g/mol. The van der Waals surface area contributed by atoms with Crippen LogP contribution in [0.5, 0.6) is 0 Å². The van der Waals surface area contributed by atoms with Gasteiger partial charge in [-0.2, -0.15) is 0 Å². The summed E-state index contributed by atoms with van der Waals surface area (Å²) in [5, 5.41) is 4.01. The average molecular weight is 701 g/mol. The standard InChI is InChI=1S/C35H36Cl3N3O4S/c1-24-13-19-28(20-14-24)46(44,45)41(27-17-15-26(36)16-18-27)23-33(42)40(22-29-30(37)11-8-12-31(29)38)32(34(43)39-35(2,3)4)21-25-9-6-5-7-10-25/h5-20,32H,21-23H2,1-4H3,(H,39,43)/t32-/m1/s1. The first-order chi connectivity index (χ1) is 21.7. The van der Waals surface area contributed by atoms with Crippen LogP contribution in [-0.4, -0.2) is 43.3 Å². The summed E-state index contributed by atoms with van der Waals surface area (Å²) in [6.07, 6.45) is 0.155. The van der Waals surface area contributed by atoms with Crippen LogP contribution in [0.4, 0.5) is 5.69 Å². The van der Waals surface area contributed by atoms with E-state index in [1.54, 1.807) is 42.5 Å². The topological polar surface area (TPSA) is 86.8 Å². The molecule has 2 amide bonds. The van der Waals surface area contributed by atoms with E-state index in [1.165, 1.54) is 29.2 Å². The summed E-state index contributed by atoms with van der Waals surface area (Å²) in [4.78, 5) is 29.9. The lowest BCUT2D eigenvalue weighted by molar-refractivity contribution is -0.140.